The van der Waals surface area contributed by atoms with E-state index in [2.05, 4.69) is 10.1 Å². The second-order valence-electron chi connectivity index (χ2n) is 7.07. The molecule has 0 aliphatic carbocycles. The Morgan fingerprint density at radius 3 is 2.50 bits per heavy atom. The highest BCUT2D eigenvalue weighted by atomic mass is 16.5. The number of carbonyl (C=O) groups excluding carboxylic acids is 1. The number of ether oxygens (including phenoxy) is 1. The average molecular weight is 377 g/mol. The summed E-state index contributed by atoms with van der Waals surface area (Å²) in [4.78, 5) is 19.3. The van der Waals surface area contributed by atoms with Crippen molar-refractivity contribution in [3.05, 3.63) is 65.5 Å². The first-order valence-electron chi connectivity index (χ1n) is 9.48. The van der Waals surface area contributed by atoms with E-state index in [1.165, 1.54) is 0 Å². The lowest BCUT2D eigenvalue weighted by molar-refractivity contribution is 0.0704. The third-order valence-electron chi connectivity index (χ3n) is 5.30. The topological polar surface area (TPSA) is 68.5 Å². The quantitative estimate of drug-likeness (QED) is 0.685. The number of likely N-dealkylation sites (tertiary alicyclic amines) is 1. The molecule has 0 bridgehead atoms. The number of aromatic nitrogens is 2. The molecular weight excluding hydrogens is 354 g/mol. The fourth-order valence-corrected chi connectivity index (χ4v) is 3.57. The summed E-state index contributed by atoms with van der Waals surface area (Å²) in [5.74, 6) is 2.30. The van der Waals surface area contributed by atoms with E-state index in [0.717, 1.165) is 35.3 Å². The molecule has 1 saturated heterocycles. The van der Waals surface area contributed by atoms with E-state index < -0.39 is 0 Å². The lowest BCUT2D eigenvalue weighted by Gasteiger charge is -2.30. The second-order valence-corrected chi connectivity index (χ2v) is 7.07. The molecule has 2 aromatic carbocycles. The number of amides is 1. The molecule has 144 valence electrons. The average Bonchev–Trinajstić information content (AvgIpc) is 3.24. The zero-order valence-corrected chi connectivity index (χ0v) is 16.1. The molecule has 1 aliphatic heterocycles. The number of piperidine rings is 1. The van der Waals surface area contributed by atoms with Crippen LogP contribution in [0.3, 0.4) is 0 Å². The van der Waals surface area contributed by atoms with E-state index in [1.807, 2.05) is 60.4 Å². The SMILES string of the molecule is COc1ccc(-c2noc(C3CCN(C(=O)c4ccccc4C)CC3)n2)cc1. The largest absolute Gasteiger partial charge is 0.497 e. The van der Waals surface area contributed by atoms with Crippen molar-refractivity contribution in [2.24, 2.45) is 0 Å². The van der Waals surface area contributed by atoms with Gasteiger partial charge in [-0.1, -0.05) is 23.4 Å². The summed E-state index contributed by atoms with van der Waals surface area (Å²) in [5.41, 5.74) is 2.68. The van der Waals surface area contributed by atoms with Gasteiger partial charge in [-0.3, -0.25) is 4.79 Å². The van der Waals surface area contributed by atoms with Gasteiger partial charge >= 0.3 is 0 Å². The summed E-state index contributed by atoms with van der Waals surface area (Å²) in [6.45, 7) is 3.36. The minimum absolute atomic E-state index is 0.0981. The Labute approximate surface area is 164 Å². The summed E-state index contributed by atoms with van der Waals surface area (Å²) >= 11 is 0. The molecule has 1 aromatic heterocycles. The van der Waals surface area contributed by atoms with Crippen molar-refractivity contribution in [3.8, 4) is 17.1 Å². The minimum Gasteiger partial charge on any atom is -0.497 e. The Balaban J connectivity index is 1.41. The highest BCUT2D eigenvalue weighted by molar-refractivity contribution is 5.95. The molecule has 28 heavy (non-hydrogen) atoms. The maximum absolute atomic E-state index is 12.8. The molecule has 3 aromatic rings. The van der Waals surface area contributed by atoms with Crippen LogP contribution in [0.2, 0.25) is 0 Å². The lowest BCUT2D eigenvalue weighted by Crippen LogP contribution is -2.38. The summed E-state index contributed by atoms with van der Waals surface area (Å²) in [6.07, 6.45) is 1.64. The van der Waals surface area contributed by atoms with Crippen molar-refractivity contribution >= 4 is 5.91 Å². The molecule has 1 aliphatic rings. The molecule has 0 saturated carbocycles. The van der Waals surface area contributed by atoms with Crippen LogP contribution in [0, 0.1) is 6.92 Å². The summed E-state index contributed by atoms with van der Waals surface area (Å²) in [6, 6.07) is 15.3. The third-order valence-corrected chi connectivity index (χ3v) is 5.30. The van der Waals surface area contributed by atoms with Gasteiger partial charge in [-0.2, -0.15) is 4.98 Å². The maximum atomic E-state index is 12.8. The number of methoxy groups -OCH3 is 1. The fraction of sp³-hybridized carbons (Fsp3) is 0.318. The van der Waals surface area contributed by atoms with Crippen LogP contribution in [0.5, 0.6) is 5.75 Å². The van der Waals surface area contributed by atoms with Gasteiger partial charge in [0.15, 0.2) is 0 Å². The Morgan fingerprint density at radius 1 is 1.11 bits per heavy atom. The summed E-state index contributed by atoms with van der Waals surface area (Å²) in [7, 11) is 1.64. The van der Waals surface area contributed by atoms with Crippen LogP contribution >= 0.6 is 0 Å². The summed E-state index contributed by atoms with van der Waals surface area (Å²) < 4.78 is 10.7. The molecular formula is C22H23N3O3. The van der Waals surface area contributed by atoms with E-state index in [1.54, 1.807) is 7.11 Å². The number of aryl methyl sites for hydroxylation is 1. The highest BCUT2D eigenvalue weighted by Crippen LogP contribution is 2.29. The van der Waals surface area contributed by atoms with Crippen molar-refractivity contribution < 1.29 is 14.1 Å². The van der Waals surface area contributed by atoms with Crippen LogP contribution in [0.1, 0.15) is 40.6 Å². The number of hydrogen-bond acceptors (Lipinski definition) is 5. The zero-order valence-electron chi connectivity index (χ0n) is 16.1. The van der Waals surface area contributed by atoms with Gasteiger partial charge in [0.1, 0.15) is 5.75 Å². The lowest BCUT2D eigenvalue weighted by atomic mass is 9.96. The van der Waals surface area contributed by atoms with Crippen LogP contribution in [-0.2, 0) is 0 Å². The molecule has 6 heteroatoms. The van der Waals surface area contributed by atoms with Crippen molar-refractivity contribution in [3.63, 3.8) is 0 Å². The van der Waals surface area contributed by atoms with Gasteiger partial charge in [0, 0.05) is 30.1 Å². The molecule has 4 rings (SSSR count). The predicted molar refractivity (Wildman–Crippen MR) is 105 cm³/mol. The molecule has 0 spiro atoms. The highest BCUT2D eigenvalue weighted by Gasteiger charge is 2.28. The Morgan fingerprint density at radius 2 is 1.82 bits per heavy atom. The molecule has 0 N–H and O–H groups in total. The molecule has 0 radical (unpaired) electrons. The van der Waals surface area contributed by atoms with E-state index in [-0.39, 0.29) is 11.8 Å². The maximum Gasteiger partial charge on any atom is 0.254 e. The van der Waals surface area contributed by atoms with Crippen molar-refractivity contribution in [1.29, 1.82) is 0 Å². The molecule has 6 nitrogen and oxygen atoms in total. The number of nitrogens with zero attached hydrogens (tertiary/aromatic N) is 3. The molecule has 1 amide bonds. The van der Waals surface area contributed by atoms with Gasteiger partial charge in [-0.15, -0.1) is 0 Å². The third kappa shape index (κ3) is 3.63. The first kappa shape index (κ1) is 18.2. The number of carbonyl (C=O) groups is 1. The van der Waals surface area contributed by atoms with Crippen LogP contribution in [-0.4, -0.2) is 41.1 Å². The number of hydrogen-bond donors (Lipinski definition) is 0. The van der Waals surface area contributed by atoms with Crippen molar-refractivity contribution in [2.45, 2.75) is 25.7 Å². The zero-order chi connectivity index (χ0) is 19.5. The van der Waals surface area contributed by atoms with E-state index in [9.17, 15) is 4.79 Å². The van der Waals surface area contributed by atoms with Gasteiger partial charge in [0.2, 0.25) is 11.7 Å². The monoisotopic (exact) mass is 377 g/mol. The van der Waals surface area contributed by atoms with Crippen LogP contribution in [0.25, 0.3) is 11.4 Å². The van der Waals surface area contributed by atoms with Crippen LogP contribution < -0.4 is 4.74 Å². The fourth-order valence-electron chi connectivity index (χ4n) is 3.57. The smallest absolute Gasteiger partial charge is 0.254 e. The standard InChI is InChI=1S/C22H23N3O3/c1-15-5-3-4-6-19(15)22(26)25-13-11-17(12-14-25)21-23-20(24-28-21)16-7-9-18(27-2)10-8-16/h3-10,17H,11-14H2,1-2H3. The van der Waals surface area contributed by atoms with Gasteiger partial charge in [-0.25, -0.2) is 0 Å². The number of rotatable bonds is 4. The minimum atomic E-state index is 0.0981. The van der Waals surface area contributed by atoms with Gasteiger partial charge in [0.25, 0.3) is 5.91 Å². The van der Waals surface area contributed by atoms with Gasteiger partial charge < -0.3 is 14.2 Å². The van der Waals surface area contributed by atoms with E-state index >= 15 is 0 Å². The van der Waals surface area contributed by atoms with Crippen molar-refractivity contribution in [1.82, 2.24) is 15.0 Å². The number of benzene rings is 2. The van der Waals surface area contributed by atoms with Crippen LogP contribution in [0.15, 0.2) is 53.1 Å². The van der Waals surface area contributed by atoms with Crippen LogP contribution in [0.4, 0.5) is 0 Å². The molecule has 2 heterocycles. The molecule has 0 atom stereocenters. The first-order valence-corrected chi connectivity index (χ1v) is 9.48. The first-order chi connectivity index (χ1) is 13.7. The van der Waals surface area contributed by atoms with E-state index in [0.29, 0.717) is 24.8 Å². The predicted octanol–water partition coefficient (Wildman–Crippen LogP) is 4.07. The Bertz CT molecular complexity index is 957. The normalized spacial score (nSPS) is 14.9. The van der Waals surface area contributed by atoms with E-state index in [4.69, 9.17) is 9.26 Å². The Kier molecular flexibility index (Phi) is 5.10. The molecule has 0 unspecified atom stereocenters. The summed E-state index contributed by atoms with van der Waals surface area (Å²) in [5, 5.41) is 4.12. The molecule has 1 fully saturated rings. The van der Waals surface area contributed by atoms with Crippen molar-refractivity contribution in [2.75, 3.05) is 20.2 Å². The second kappa shape index (κ2) is 7.84. The van der Waals surface area contributed by atoms with Gasteiger partial charge in [0.05, 0.1) is 7.11 Å². The van der Waals surface area contributed by atoms with Gasteiger partial charge in [-0.05, 0) is 55.7 Å². The Hall–Kier alpha value is -3.15.